The van der Waals surface area contributed by atoms with Gasteiger partial charge in [0.2, 0.25) is 0 Å². The van der Waals surface area contributed by atoms with Crippen molar-refractivity contribution in [2.24, 2.45) is 0 Å². The van der Waals surface area contributed by atoms with Crippen molar-refractivity contribution in [3.05, 3.63) is 45.9 Å². The smallest absolute Gasteiger partial charge is 0.122 e. The Labute approximate surface area is 117 Å². The maximum Gasteiger partial charge on any atom is 0.122 e. The molecule has 0 radical (unpaired) electrons. The van der Waals surface area contributed by atoms with E-state index in [1.165, 1.54) is 10.4 Å². The lowest BCUT2D eigenvalue weighted by atomic mass is 10.1. The van der Waals surface area contributed by atoms with Gasteiger partial charge in [0.25, 0.3) is 0 Å². The number of rotatable bonds is 6. The minimum absolute atomic E-state index is 0.677. The number of para-hydroxylation sites is 1. The standard InChI is InChI=1S/C14H17NOS2/c1-2-11-5-3-4-6-13(11)16-8-7-14-15-9-12(10-17)18-14/h3-6,9,17H,2,7-8,10H2,1H3. The summed E-state index contributed by atoms with van der Waals surface area (Å²) in [5, 5.41) is 1.12. The predicted octanol–water partition coefficient (Wildman–Crippen LogP) is 3.76. The molecule has 0 saturated heterocycles. The van der Waals surface area contributed by atoms with Crippen molar-refractivity contribution in [1.29, 1.82) is 0 Å². The molecule has 0 unspecified atom stereocenters. The second-order valence-electron chi connectivity index (χ2n) is 3.94. The average Bonchev–Trinajstić information content (AvgIpc) is 2.87. The molecule has 0 spiro atoms. The summed E-state index contributed by atoms with van der Waals surface area (Å²) >= 11 is 5.95. The van der Waals surface area contributed by atoms with Crippen LogP contribution in [0.2, 0.25) is 0 Å². The van der Waals surface area contributed by atoms with Crippen molar-refractivity contribution < 1.29 is 4.74 Å². The van der Waals surface area contributed by atoms with E-state index in [9.17, 15) is 0 Å². The minimum atomic E-state index is 0.677. The van der Waals surface area contributed by atoms with Gasteiger partial charge in [0.15, 0.2) is 0 Å². The van der Waals surface area contributed by atoms with Crippen LogP contribution < -0.4 is 4.74 Å². The van der Waals surface area contributed by atoms with Gasteiger partial charge in [-0.25, -0.2) is 4.98 Å². The Bertz CT molecular complexity index is 496. The molecule has 0 saturated carbocycles. The fraction of sp³-hybridized carbons (Fsp3) is 0.357. The summed E-state index contributed by atoms with van der Waals surface area (Å²) in [6.45, 7) is 2.82. The third-order valence-corrected chi connectivity index (χ3v) is 4.30. The Morgan fingerprint density at radius 2 is 2.17 bits per heavy atom. The van der Waals surface area contributed by atoms with Crippen molar-refractivity contribution in [3.8, 4) is 5.75 Å². The van der Waals surface area contributed by atoms with Gasteiger partial charge in [0, 0.05) is 23.2 Å². The van der Waals surface area contributed by atoms with Gasteiger partial charge in [-0.1, -0.05) is 25.1 Å². The van der Waals surface area contributed by atoms with Gasteiger partial charge in [-0.3, -0.25) is 0 Å². The van der Waals surface area contributed by atoms with E-state index < -0.39 is 0 Å². The number of ether oxygens (including phenoxy) is 1. The van der Waals surface area contributed by atoms with Gasteiger partial charge in [-0.05, 0) is 18.1 Å². The highest BCUT2D eigenvalue weighted by Crippen LogP contribution is 2.19. The van der Waals surface area contributed by atoms with Gasteiger partial charge in [0.05, 0.1) is 11.6 Å². The molecule has 0 aliphatic heterocycles. The summed E-state index contributed by atoms with van der Waals surface area (Å²) in [5.74, 6) is 1.75. The highest BCUT2D eigenvalue weighted by Gasteiger charge is 2.03. The van der Waals surface area contributed by atoms with Crippen LogP contribution >= 0.6 is 24.0 Å². The molecule has 1 heterocycles. The summed E-state index contributed by atoms with van der Waals surface area (Å²) in [6.07, 6.45) is 3.75. The van der Waals surface area contributed by atoms with Crippen LogP contribution in [0, 0.1) is 0 Å². The molecule has 0 fully saturated rings. The zero-order chi connectivity index (χ0) is 12.8. The topological polar surface area (TPSA) is 22.1 Å². The van der Waals surface area contributed by atoms with Crippen molar-refractivity contribution in [1.82, 2.24) is 4.98 Å². The van der Waals surface area contributed by atoms with Gasteiger partial charge in [-0.15, -0.1) is 11.3 Å². The average molecular weight is 279 g/mol. The van der Waals surface area contributed by atoms with Crippen LogP contribution in [0.4, 0.5) is 0 Å². The van der Waals surface area contributed by atoms with Crippen LogP contribution in [-0.2, 0) is 18.6 Å². The van der Waals surface area contributed by atoms with Gasteiger partial charge >= 0.3 is 0 Å². The number of hydrogen-bond acceptors (Lipinski definition) is 4. The highest BCUT2D eigenvalue weighted by molar-refractivity contribution is 7.79. The SMILES string of the molecule is CCc1ccccc1OCCc1ncc(CS)s1. The molecule has 0 atom stereocenters. The van der Waals surface area contributed by atoms with Gasteiger partial charge in [-0.2, -0.15) is 12.6 Å². The second-order valence-corrected chi connectivity index (χ2v) is 5.45. The Morgan fingerprint density at radius 3 is 2.89 bits per heavy atom. The zero-order valence-corrected chi connectivity index (χ0v) is 12.1. The van der Waals surface area contributed by atoms with E-state index in [1.54, 1.807) is 11.3 Å². The molecular weight excluding hydrogens is 262 g/mol. The van der Waals surface area contributed by atoms with E-state index in [2.05, 4.69) is 30.6 Å². The molecule has 2 aromatic rings. The van der Waals surface area contributed by atoms with E-state index in [4.69, 9.17) is 4.74 Å². The molecule has 2 nitrogen and oxygen atoms in total. The highest BCUT2D eigenvalue weighted by atomic mass is 32.1. The minimum Gasteiger partial charge on any atom is -0.493 e. The molecule has 18 heavy (non-hydrogen) atoms. The Kier molecular flexibility index (Phi) is 5.08. The quantitative estimate of drug-likeness (QED) is 0.813. The number of benzene rings is 1. The molecule has 2 rings (SSSR count). The summed E-state index contributed by atoms with van der Waals surface area (Å²) in [6, 6.07) is 8.19. The van der Waals surface area contributed by atoms with Crippen LogP contribution in [0.25, 0.3) is 0 Å². The monoisotopic (exact) mass is 279 g/mol. The van der Waals surface area contributed by atoms with Crippen LogP contribution in [0.15, 0.2) is 30.5 Å². The lowest BCUT2D eigenvalue weighted by Crippen LogP contribution is -2.02. The first-order chi connectivity index (χ1) is 8.83. The first-order valence-corrected chi connectivity index (χ1v) is 7.53. The molecule has 1 aromatic heterocycles. The van der Waals surface area contributed by atoms with Crippen molar-refractivity contribution in [3.63, 3.8) is 0 Å². The molecule has 0 bridgehead atoms. The molecule has 0 N–H and O–H groups in total. The first kappa shape index (κ1) is 13.4. The summed E-state index contributed by atoms with van der Waals surface area (Å²) < 4.78 is 5.82. The Hall–Kier alpha value is -1.000. The van der Waals surface area contributed by atoms with Gasteiger partial charge < -0.3 is 4.74 Å². The molecule has 96 valence electrons. The first-order valence-electron chi connectivity index (χ1n) is 6.08. The van der Waals surface area contributed by atoms with E-state index in [0.29, 0.717) is 6.61 Å². The molecular formula is C14H17NOS2. The third-order valence-electron chi connectivity index (χ3n) is 2.68. The maximum absolute atomic E-state index is 5.82. The predicted molar refractivity (Wildman–Crippen MR) is 79.8 cm³/mol. The molecule has 1 aromatic carbocycles. The Morgan fingerprint density at radius 1 is 1.33 bits per heavy atom. The van der Waals surface area contributed by atoms with Crippen LogP contribution in [-0.4, -0.2) is 11.6 Å². The van der Waals surface area contributed by atoms with Crippen LogP contribution in [0.1, 0.15) is 22.4 Å². The van der Waals surface area contributed by atoms with Crippen molar-refractivity contribution in [2.75, 3.05) is 6.61 Å². The molecule has 0 aliphatic carbocycles. The fourth-order valence-electron chi connectivity index (χ4n) is 1.72. The van der Waals surface area contributed by atoms with Crippen molar-refractivity contribution in [2.45, 2.75) is 25.5 Å². The third kappa shape index (κ3) is 3.50. The van der Waals surface area contributed by atoms with E-state index in [-0.39, 0.29) is 0 Å². The summed E-state index contributed by atoms with van der Waals surface area (Å²) in [4.78, 5) is 5.56. The number of thiazole rings is 1. The van der Waals surface area contributed by atoms with Gasteiger partial charge in [0.1, 0.15) is 5.75 Å². The fourth-order valence-corrected chi connectivity index (χ4v) is 2.76. The van der Waals surface area contributed by atoms with Crippen molar-refractivity contribution >= 4 is 24.0 Å². The number of aryl methyl sites for hydroxylation is 1. The summed E-state index contributed by atoms with van der Waals surface area (Å²) in [5.41, 5.74) is 1.26. The number of thiol groups is 1. The largest absolute Gasteiger partial charge is 0.493 e. The number of aromatic nitrogens is 1. The second kappa shape index (κ2) is 6.81. The lowest BCUT2D eigenvalue weighted by molar-refractivity contribution is 0.318. The summed E-state index contributed by atoms with van der Waals surface area (Å²) in [7, 11) is 0. The molecule has 4 heteroatoms. The lowest BCUT2D eigenvalue weighted by Gasteiger charge is -2.09. The number of nitrogens with zero attached hydrogens (tertiary/aromatic N) is 1. The number of hydrogen-bond donors (Lipinski definition) is 1. The van der Waals surface area contributed by atoms with Crippen LogP contribution in [0.5, 0.6) is 5.75 Å². The Balaban J connectivity index is 1.88. The maximum atomic E-state index is 5.82. The van der Waals surface area contributed by atoms with E-state index in [1.807, 2.05) is 24.4 Å². The van der Waals surface area contributed by atoms with E-state index >= 15 is 0 Å². The normalized spacial score (nSPS) is 10.6. The molecule has 0 amide bonds. The van der Waals surface area contributed by atoms with Crippen LogP contribution in [0.3, 0.4) is 0 Å². The molecule has 0 aliphatic rings. The van der Waals surface area contributed by atoms with E-state index in [0.717, 1.165) is 29.4 Å². The zero-order valence-electron chi connectivity index (χ0n) is 10.4.